The van der Waals surface area contributed by atoms with Crippen molar-refractivity contribution in [1.82, 2.24) is 14.2 Å². The Hall–Kier alpha value is -3.16. The van der Waals surface area contributed by atoms with Gasteiger partial charge < -0.3 is 19.5 Å². The number of carbonyl (C=O) groups is 3. The molecule has 12 nitrogen and oxygen atoms in total. The van der Waals surface area contributed by atoms with E-state index < -0.39 is 56.1 Å². The molecule has 1 aromatic carbocycles. The van der Waals surface area contributed by atoms with E-state index in [0.29, 0.717) is 25.7 Å². The number of pyridine rings is 1. The van der Waals surface area contributed by atoms with Crippen molar-refractivity contribution in [3.05, 3.63) is 40.8 Å². The summed E-state index contributed by atoms with van der Waals surface area (Å²) in [5.74, 6) is -0.931. The monoisotopic (exact) mass is 669 g/mol. The number of aromatic nitrogens is 1. The van der Waals surface area contributed by atoms with Gasteiger partial charge in [-0.05, 0) is 85.9 Å². The molecule has 45 heavy (non-hydrogen) atoms. The minimum Gasteiger partial charge on any atom is -0.449 e. The largest absolute Gasteiger partial charge is 0.449 e. The van der Waals surface area contributed by atoms with E-state index in [2.05, 4.69) is 5.32 Å². The van der Waals surface area contributed by atoms with Gasteiger partial charge in [0.25, 0.3) is 5.56 Å². The molecule has 2 heterocycles. The first-order valence-electron chi connectivity index (χ1n) is 14.8. The molecule has 250 valence electrons. The van der Waals surface area contributed by atoms with E-state index in [9.17, 15) is 27.6 Å². The van der Waals surface area contributed by atoms with E-state index in [4.69, 9.17) is 25.8 Å². The Balaban J connectivity index is 1.68. The summed E-state index contributed by atoms with van der Waals surface area (Å²) >= 11 is 5.49. The number of amides is 1. The molecule has 2 aromatic rings. The molecular weight excluding hydrogens is 626 g/mol. The maximum Gasteiger partial charge on any atom is 0.407 e. The van der Waals surface area contributed by atoms with E-state index in [0.717, 1.165) is 0 Å². The van der Waals surface area contributed by atoms with Crippen molar-refractivity contribution in [2.75, 3.05) is 19.2 Å². The van der Waals surface area contributed by atoms with Gasteiger partial charge in [-0.15, -0.1) is 0 Å². The molecule has 1 N–H and O–H groups in total. The number of hydrogen-bond donors (Lipinski definition) is 1. The summed E-state index contributed by atoms with van der Waals surface area (Å²) in [7, 11) is -4.00. The van der Waals surface area contributed by atoms with Crippen LogP contribution in [0.2, 0.25) is 0 Å². The lowest BCUT2D eigenvalue weighted by molar-refractivity contribution is -0.158. The molecule has 0 saturated carbocycles. The van der Waals surface area contributed by atoms with Crippen molar-refractivity contribution < 1.29 is 37.0 Å². The average molecular weight is 670 g/mol. The Morgan fingerprint density at radius 3 is 2.18 bits per heavy atom. The van der Waals surface area contributed by atoms with Gasteiger partial charge in [-0.2, -0.15) is 4.31 Å². The van der Waals surface area contributed by atoms with Crippen LogP contribution in [0.5, 0.6) is 0 Å². The van der Waals surface area contributed by atoms with Crippen molar-refractivity contribution in [2.45, 2.75) is 97.4 Å². The summed E-state index contributed by atoms with van der Waals surface area (Å²) in [5.41, 5.74) is -2.84. The fourth-order valence-corrected chi connectivity index (χ4v) is 6.84. The third-order valence-electron chi connectivity index (χ3n) is 7.70. The van der Waals surface area contributed by atoms with Crippen LogP contribution in [0.15, 0.2) is 40.2 Å². The number of carbonyl (C=O) groups excluding carboxylic acids is 3. The number of benzene rings is 1. The van der Waals surface area contributed by atoms with E-state index in [1.807, 2.05) is 0 Å². The molecule has 1 fully saturated rings. The minimum atomic E-state index is -4.00. The molecule has 1 aliphatic heterocycles. The molecule has 1 amide bonds. The fraction of sp³-hybridized carbons (Fsp3) is 0.613. The predicted octanol–water partition coefficient (Wildman–Crippen LogP) is 4.75. The lowest BCUT2D eigenvalue weighted by Crippen LogP contribution is -2.41. The van der Waals surface area contributed by atoms with Crippen LogP contribution in [0.25, 0.3) is 10.8 Å². The van der Waals surface area contributed by atoms with Gasteiger partial charge in [0.2, 0.25) is 10.0 Å². The standard InChI is InChI=1S/C31H44ClN3O9S/c1-29(2,3)44-28(39)33-21-12-17-35(18-21)45(40,41)24-11-8-10-23-22(24)13-16-34(25(23)36)20-43-27(38)31(6,7)15-9-14-30(4,5)26(37)42-19-32/h8,10-11,13,16,21H,9,12,14-15,17-20H2,1-7H3,(H,33,39). The Kier molecular flexibility index (Phi) is 11.4. The first-order chi connectivity index (χ1) is 20.8. The number of ether oxygens (including phenoxy) is 3. The summed E-state index contributed by atoms with van der Waals surface area (Å²) < 4.78 is 45.4. The number of hydrogen-bond acceptors (Lipinski definition) is 9. The number of halogens is 1. The van der Waals surface area contributed by atoms with Crippen LogP contribution in [-0.2, 0) is 40.6 Å². The second kappa shape index (κ2) is 14.1. The van der Waals surface area contributed by atoms with Crippen molar-refractivity contribution in [3.63, 3.8) is 0 Å². The van der Waals surface area contributed by atoms with Crippen LogP contribution in [0.1, 0.15) is 74.1 Å². The highest BCUT2D eigenvalue weighted by Gasteiger charge is 2.36. The zero-order valence-corrected chi connectivity index (χ0v) is 28.5. The lowest BCUT2D eigenvalue weighted by atomic mass is 9.81. The zero-order chi connectivity index (χ0) is 33.8. The third kappa shape index (κ3) is 9.20. The summed E-state index contributed by atoms with van der Waals surface area (Å²) in [5, 5.41) is 3.11. The van der Waals surface area contributed by atoms with Crippen LogP contribution in [0, 0.1) is 10.8 Å². The van der Waals surface area contributed by atoms with Gasteiger partial charge in [-0.1, -0.05) is 24.1 Å². The predicted molar refractivity (Wildman–Crippen MR) is 169 cm³/mol. The minimum absolute atomic E-state index is 0.0295. The Morgan fingerprint density at radius 1 is 0.956 bits per heavy atom. The number of esters is 2. The maximum atomic E-state index is 13.6. The number of nitrogens with one attached hydrogen (secondary N) is 1. The van der Waals surface area contributed by atoms with Crippen LogP contribution in [0.4, 0.5) is 4.79 Å². The molecule has 0 spiro atoms. The van der Waals surface area contributed by atoms with Crippen molar-refractivity contribution in [3.8, 4) is 0 Å². The Labute approximate surface area is 269 Å². The SMILES string of the molecule is CC(C)(C)OC(=O)NC1CCN(S(=O)(=O)c2cccc3c(=O)n(COC(=O)C(C)(C)CCCC(C)(C)C(=O)OCCl)ccc23)C1. The van der Waals surface area contributed by atoms with E-state index in [1.54, 1.807) is 48.5 Å². The molecule has 1 atom stereocenters. The first-order valence-corrected chi connectivity index (χ1v) is 16.8. The Bertz CT molecular complexity index is 1580. The molecule has 0 bridgehead atoms. The second-order valence-corrected chi connectivity index (χ2v) is 15.7. The van der Waals surface area contributed by atoms with Gasteiger partial charge in [-0.25, -0.2) is 13.2 Å². The number of sulfonamides is 1. The molecule has 1 aliphatic rings. The quantitative estimate of drug-likeness (QED) is 0.192. The summed E-state index contributed by atoms with van der Waals surface area (Å²) in [4.78, 5) is 50.5. The average Bonchev–Trinajstić information content (AvgIpc) is 3.40. The van der Waals surface area contributed by atoms with Crippen LogP contribution in [-0.4, -0.2) is 66.1 Å². The zero-order valence-electron chi connectivity index (χ0n) is 27.0. The van der Waals surface area contributed by atoms with Gasteiger partial charge in [0, 0.05) is 36.1 Å². The molecule has 0 radical (unpaired) electrons. The van der Waals surface area contributed by atoms with E-state index in [-0.39, 0.29) is 41.6 Å². The maximum absolute atomic E-state index is 13.6. The molecular formula is C31H44ClN3O9S. The number of fused-ring (bicyclic) bond motifs is 1. The summed E-state index contributed by atoms with van der Waals surface area (Å²) in [6.07, 6.45) is 2.65. The number of alkyl halides is 1. The third-order valence-corrected chi connectivity index (χ3v) is 9.73. The highest BCUT2D eigenvalue weighted by Crippen LogP contribution is 2.31. The first kappa shape index (κ1) is 36.3. The van der Waals surface area contributed by atoms with Gasteiger partial charge in [0.15, 0.2) is 12.8 Å². The van der Waals surface area contributed by atoms with E-state index >= 15 is 0 Å². The van der Waals surface area contributed by atoms with Crippen LogP contribution < -0.4 is 10.9 Å². The molecule has 1 saturated heterocycles. The molecule has 14 heteroatoms. The highest BCUT2D eigenvalue weighted by molar-refractivity contribution is 7.89. The number of nitrogens with zero attached hydrogens (tertiary/aromatic N) is 2. The topological polar surface area (TPSA) is 150 Å². The van der Waals surface area contributed by atoms with Crippen molar-refractivity contribution >= 4 is 50.4 Å². The molecule has 1 aromatic heterocycles. The smallest absolute Gasteiger partial charge is 0.407 e. The van der Waals surface area contributed by atoms with Crippen LogP contribution in [0.3, 0.4) is 0 Å². The van der Waals surface area contributed by atoms with Crippen LogP contribution >= 0.6 is 11.6 Å². The number of alkyl carbamates (subject to hydrolysis) is 1. The number of rotatable bonds is 12. The fourth-order valence-electron chi connectivity index (χ4n) is 5.04. The van der Waals surface area contributed by atoms with Gasteiger partial charge in [0.1, 0.15) is 5.60 Å². The van der Waals surface area contributed by atoms with Crippen molar-refractivity contribution in [1.29, 1.82) is 0 Å². The molecule has 3 rings (SSSR count). The summed E-state index contributed by atoms with van der Waals surface area (Å²) in [6.45, 7) is 12.1. The van der Waals surface area contributed by atoms with Crippen molar-refractivity contribution in [2.24, 2.45) is 10.8 Å². The Morgan fingerprint density at radius 2 is 1.58 bits per heavy atom. The molecule has 0 aliphatic carbocycles. The second-order valence-electron chi connectivity index (χ2n) is 13.5. The van der Waals surface area contributed by atoms with Gasteiger partial charge in [0.05, 0.1) is 15.7 Å². The normalized spacial score (nSPS) is 16.4. The lowest BCUT2D eigenvalue weighted by Gasteiger charge is -2.26. The van der Waals surface area contributed by atoms with E-state index in [1.165, 1.54) is 39.3 Å². The van der Waals surface area contributed by atoms with Gasteiger partial charge >= 0.3 is 18.0 Å². The van der Waals surface area contributed by atoms with Gasteiger partial charge in [-0.3, -0.25) is 19.0 Å². The highest BCUT2D eigenvalue weighted by atomic mass is 35.5. The summed E-state index contributed by atoms with van der Waals surface area (Å²) in [6, 6.07) is 5.32. The molecule has 1 unspecified atom stereocenters.